The molecule has 112 valence electrons. The number of piperidine rings is 1. The van der Waals surface area contributed by atoms with E-state index in [0.717, 1.165) is 32.4 Å². The number of rotatable bonds is 7. The number of nitrogens with two attached hydrogens (primary N) is 1. The first-order valence-corrected chi connectivity index (χ1v) is 7.50. The van der Waals surface area contributed by atoms with Crippen LogP contribution in [0.4, 0.5) is 0 Å². The molecule has 4 heteroatoms. The molecule has 1 aromatic rings. The van der Waals surface area contributed by atoms with E-state index in [1.807, 2.05) is 18.2 Å². The molecule has 1 aliphatic heterocycles. The zero-order valence-corrected chi connectivity index (χ0v) is 12.1. The Labute approximate surface area is 121 Å². The normalized spacial score (nSPS) is 19.1. The Morgan fingerprint density at radius 1 is 1.25 bits per heavy atom. The number of hydrogen-bond acceptors (Lipinski definition) is 4. The van der Waals surface area contributed by atoms with Crippen molar-refractivity contribution in [2.45, 2.75) is 31.9 Å². The minimum atomic E-state index is 0.146. The molecule has 0 bridgehead atoms. The molecular formula is C16H26N2O2. The van der Waals surface area contributed by atoms with Gasteiger partial charge in [-0.3, -0.25) is 4.90 Å². The van der Waals surface area contributed by atoms with Crippen molar-refractivity contribution < 1.29 is 9.84 Å². The van der Waals surface area contributed by atoms with E-state index < -0.39 is 0 Å². The minimum absolute atomic E-state index is 0.146. The van der Waals surface area contributed by atoms with Crippen molar-refractivity contribution in [3.63, 3.8) is 0 Å². The summed E-state index contributed by atoms with van der Waals surface area (Å²) in [6.07, 6.45) is 2.93. The van der Waals surface area contributed by atoms with Crippen LogP contribution in [-0.4, -0.2) is 42.5 Å². The van der Waals surface area contributed by atoms with E-state index in [4.69, 9.17) is 15.6 Å². The molecule has 0 amide bonds. The molecule has 2 rings (SSSR count). The highest BCUT2D eigenvalue weighted by atomic mass is 16.5. The van der Waals surface area contributed by atoms with E-state index >= 15 is 0 Å². The predicted octanol–water partition coefficient (Wildman–Crippen LogP) is 1.58. The zero-order valence-electron chi connectivity index (χ0n) is 12.1. The van der Waals surface area contributed by atoms with E-state index in [9.17, 15) is 0 Å². The Kier molecular flexibility index (Phi) is 6.47. The van der Waals surface area contributed by atoms with Crippen LogP contribution in [0, 0.1) is 5.92 Å². The van der Waals surface area contributed by atoms with Gasteiger partial charge in [0.05, 0.1) is 13.3 Å². The lowest BCUT2D eigenvalue weighted by atomic mass is 9.88. The average Bonchev–Trinajstić information content (AvgIpc) is 2.49. The molecule has 0 aliphatic carbocycles. The van der Waals surface area contributed by atoms with E-state index in [1.54, 1.807) is 0 Å². The van der Waals surface area contributed by atoms with Gasteiger partial charge >= 0.3 is 0 Å². The number of nitrogens with zero attached hydrogens (tertiary/aromatic N) is 1. The Bertz CT molecular complexity index is 364. The summed E-state index contributed by atoms with van der Waals surface area (Å²) in [5, 5.41) is 8.93. The van der Waals surface area contributed by atoms with Gasteiger partial charge < -0.3 is 15.6 Å². The molecule has 1 fully saturated rings. The zero-order chi connectivity index (χ0) is 14.2. The lowest BCUT2D eigenvalue weighted by Crippen LogP contribution is -2.42. The number of benzene rings is 1. The fourth-order valence-corrected chi connectivity index (χ4v) is 2.76. The molecule has 0 aromatic heterocycles. The first-order chi connectivity index (χ1) is 9.79. The molecule has 20 heavy (non-hydrogen) atoms. The Hall–Kier alpha value is -0.940. The summed E-state index contributed by atoms with van der Waals surface area (Å²) in [5.74, 6) is 0.549. The van der Waals surface area contributed by atoms with Gasteiger partial charge in [0.1, 0.15) is 0 Å². The predicted molar refractivity (Wildman–Crippen MR) is 80.1 cm³/mol. The second-order valence-electron chi connectivity index (χ2n) is 5.59. The van der Waals surface area contributed by atoms with Crippen LogP contribution in [-0.2, 0) is 11.3 Å². The number of hydrogen-bond donors (Lipinski definition) is 2. The van der Waals surface area contributed by atoms with Crippen molar-refractivity contribution in [2.24, 2.45) is 11.7 Å². The fraction of sp³-hybridized carbons (Fsp3) is 0.625. The van der Waals surface area contributed by atoms with Crippen molar-refractivity contribution in [2.75, 3.05) is 26.4 Å². The number of likely N-dealkylation sites (tertiary alicyclic amines) is 1. The van der Waals surface area contributed by atoms with Gasteiger partial charge in [-0.15, -0.1) is 0 Å². The van der Waals surface area contributed by atoms with Crippen LogP contribution in [0.3, 0.4) is 0 Å². The molecule has 3 N–H and O–H groups in total. The SMILES string of the molecule is NC(CCO)C1CCN(COCc2ccccc2)CC1. The summed E-state index contributed by atoms with van der Waals surface area (Å²) >= 11 is 0. The van der Waals surface area contributed by atoms with E-state index in [2.05, 4.69) is 17.0 Å². The van der Waals surface area contributed by atoms with Crippen LogP contribution in [0.5, 0.6) is 0 Å². The Morgan fingerprint density at radius 2 is 1.95 bits per heavy atom. The van der Waals surface area contributed by atoms with Crippen LogP contribution in [0.1, 0.15) is 24.8 Å². The molecular weight excluding hydrogens is 252 g/mol. The van der Waals surface area contributed by atoms with Crippen LogP contribution < -0.4 is 5.73 Å². The summed E-state index contributed by atoms with van der Waals surface area (Å²) in [4.78, 5) is 2.34. The highest BCUT2D eigenvalue weighted by molar-refractivity contribution is 5.13. The van der Waals surface area contributed by atoms with Crippen molar-refractivity contribution in [1.29, 1.82) is 0 Å². The summed E-state index contributed by atoms with van der Waals surface area (Å²) < 4.78 is 5.76. The lowest BCUT2D eigenvalue weighted by molar-refractivity contribution is -0.000411. The minimum Gasteiger partial charge on any atom is -0.396 e. The maximum absolute atomic E-state index is 8.93. The van der Waals surface area contributed by atoms with Gasteiger partial charge in [0.2, 0.25) is 0 Å². The van der Waals surface area contributed by atoms with Gasteiger partial charge in [-0.05, 0) is 30.7 Å². The molecule has 1 aromatic carbocycles. The van der Waals surface area contributed by atoms with Crippen molar-refractivity contribution in [1.82, 2.24) is 4.90 Å². The Morgan fingerprint density at radius 3 is 2.60 bits per heavy atom. The van der Waals surface area contributed by atoms with Gasteiger partial charge in [-0.25, -0.2) is 0 Å². The van der Waals surface area contributed by atoms with Gasteiger partial charge in [-0.1, -0.05) is 30.3 Å². The summed E-state index contributed by atoms with van der Waals surface area (Å²) in [6.45, 7) is 3.64. The largest absolute Gasteiger partial charge is 0.396 e. The van der Waals surface area contributed by atoms with Crippen LogP contribution in [0.25, 0.3) is 0 Å². The number of aliphatic hydroxyl groups excluding tert-OH is 1. The molecule has 0 saturated carbocycles. The third kappa shape index (κ3) is 4.87. The number of aliphatic hydroxyl groups is 1. The summed E-state index contributed by atoms with van der Waals surface area (Å²) in [7, 11) is 0. The maximum Gasteiger partial charge on any atom is 0.0994 e. The van der Waals surface area contributed by atoms with Crippen molar-refractivity contribution in [3.05, 3.63) is 35.9 Å². The van der Waals surface area contributed by atoms with Crippen LogP contribution in [0.15, 0.2) is 30.3 Å². The van der Waals surface area contributed by atoms with Crippen molar-refractivity contribution in [3.8, 4) is 0 Å². The smallest absolute Gasteiger partial charge is 0.0994 e. The first-order valence-electron chi connectivity index (χ1n) is 7.50. The molecule has 0 spiro atoms. The first kappa shape index (κ1) is 15.4. The molecule has 1 aliphatic rings. The summed E-state index contributed by atoms with van der Waals surface area (Å²) in [5.41, 5.74) is 7.29. The van der Waals surface area contributed by atoms with Gasteiger partial charge in [0.25, 0.3) is 0 Å². The van der Waals surface area contributed by atoms with E-state index in [-0.39, 0.29) is 12.6 Å². The topological polar surface area (TPSA) is 58.7 Å². The van der Waals surface area contributed by atoms with Crippen LogP contribution >= 0.6 is 0 Å². The molecule has 0 radical (unpaired) electrons. The molecule has 1 atom stereocenters. The molecule has 4 nitrogen and oxygen atoms in total. The third-order valence-electron chi connectivity index (χ3n) is 4.09. The highest BCUT2D eigenvalue weighted by Crippen LogP contribution is 2.21. The fourth-order valence-electron chi connectivity index (χ4n) is 2.76. The maximum atomic E-state index is 8.93. The number of ether oxygens (including phenoxy) is 1. The van der Waals surface area contributed by atoms with Gasteiger partial charge in [-0.2, -0.15) is 0 Å². The molecule has 1 heterocycles. The second-order valence-corrected chi connectivity index (χ2v) is 5.59. The van der Waals surface area contributed by atoms with Crippen molar-refractivity contribution >= 4 is 0 Å². The average molecular weight is 278 g/mol. The molecule has 1 saturated heterocycles. The third-order valence-corrected chi connectivity index (χ3v) is 4.09. The van der Waals surface area contributed by atoms with Crippen LogP contribution in [0.2, 0.25) is 0 Å². The summed E-state index contributed by atoms with van der Waals surface area (Å²) in [6, 6.07) is 10.4. The standard InChI is InChI=1S/C16H26N2O2/c17-16(8-11-19)15-6-9-18(10-7-15)13-20-12-14-4-2-1-3-5-14/h1-5,15-16,19H,6-13,17H2. The van der Waals surface area contributed by atoms with Gasteiger partial charge in [0, 0.05) is 25.7 Å². The van der Waals surface area contributed by atoms with E-state index in [0.29, 0.717) is 19.3 Å². The van der Waals surface area contributed by atoms with E-state index in [1.165, 1.54) is 5.56 Å². The quantitative estimate of drug-likeness (QED) is 0.795. The second kappa shape index (κ2) is 8.37. The molecule has 1 unspecified atom stereocenters. The highest BCUT2D eigenvalue weighted by Gasteiger charge is 2.23. The monoisotopic (exact) mass is 278 g/mol. The Balaban J connectivity index is 1.62. The lowest BCUT2D eigenvalue weighted by Gasteiger charge is -2.34. The van der Waals surface area contributed by atoms with Gasteiger partial charge in [0.15, 0.2) is 0 Å².